The van der Waals surface area contributed by atoms with Crippen LogP contribution < -0.4 is 0 Å². The maximum Gasteiger partial charge on any atom is 0.0889 e. The van der Waals surface area contributed by atoms with Crippen LogP contribution in [0.5, 0.6) is 0 Å². The Morgan fingerprint density at radius 3 is 2.59 bits per heavy atom. The molecule has 22 heavy (non-hydrogen) atoms. The fourth-order valence-electron chi connectivity index (χ4n) is 6.23. The van der Waals surface area contributed by atoms with Crippen molar-refractivity contribution in [3.8, 4) is 0 Å². The Hall–Kier alpha value is -0.800. The molecule has 0 aromatic rings. The molecule has 3 nitrogen and oxygen atoms in total. The Kier molecular flexibility index (Phi) is 3.09. The lowest BCUT2D eigenvalue weighted by Crippen LogP contribution is -2.51. The minimum atomic E-state index is -0.576. The zero-order valence-corrected chi connectivity index (χ0v) is 13.6. The fourth-order valence-corrected chi connectivity index (χ4v) is 6.23. The van der Waals surface area contributed by atoms with Gasteiger partial charge in [-0.15, -0.1) is 0 Å². The van der Waals surface area contributed by atoms with E-state index < -0.39 is 12.2 Å². The van der Waals surface area contributed by atoms with E-state index in [1.54, 1.807) is 0 Å². The van der Waals surface area contributed by atoms with E-state index in [-0.39, 0.29) is 10.8 Å². The molecule has 0 aliphatic heterocycles. The van der Waals surface area contributed by atoms with Gasteiger partial charge in [0.25, 0.3) is 0 Å². The van der Waals surface area contributed by atoms with Gasteiger partial charge in [0.15, 0.2) is 0 Å². The molecular weight excluding hydrogens is 276 g/mol. The van der Waals surface area contributed by atoms with Crippen molar-refractivity contribution in [3.63, 3.8) is 0 Å². The second kappa shape index (κ2) is 4.61. The van der Waals surface area contributed by atoms with Crippen molar-refractivity contribution in [1.82, 2.24) is 0 Å². The predicted molar refractivity (Wildman–Crippen MR) is 85.1 cm³/mol. The van der Waals surface area contributed by atoms with Gasteiger partial charge in [-0.1, -0.05) is 26.0 Å². The van der Waals surface area contributed by atoms with Crippen LogP contribution in [-0.2, 0) is 0 Å². The second-order valence-electron chi connectivity index (χ2n) is 8.66. The third kappa shape index (κ3) is 1.75. The summed E-state index contributed by atoms with van der Waals surface area (Å²) in [5, 5.41) is 30.5. The fraction of sp³-hybridized carbons (Fsp3) is 0.789. The lowest BCUT2D eigenvalue weighted by molar-refractivity contribution is -0.0780. The molecule has 2 fully saturated rings. The Balaban J connectivity index is 1.72. The van der Waals surface area contributed by atoms with E-state index in [4.69, 9.17) is 0 Å². The largest absolute Gasteiger partial charge is 0.513 e. The van der Waals surface area contributed by atoms with E-state index in [0.717, 1.165) is 32.1 Å². The van der Waals surface area contributed by atoms with Crippen molar-refractivity contribution >= 4 is 0 Å². The van der Waals surface area contributed by atoms with E-state index in [9.17, 15) is 15.3 Å². The van der Waals surface area contributed by atoms with Crippen LogP contribution >= 0.6 is 0 Å². The molecule has 4 aliphatic carbocycles. The van der Waals surface area contributed by atoms with Crippen molar-refractivity contribution in [1.29, 1.82) is 0 Å². The van der Waals surface area contributed by atoms with Crippen molar-refractivity contribution < 1.29 is 15.3 Å². The molecule has 0 bridgehead atoms. The van der Waals surface area contributed by atoms with E-state index in [0.29, 0.717) is 29.4 Å². The smallest absolute Gasteiger partial charge is 0.0889 e. The molecule has 2 saturated carbocycles. The molecule has 0 aromatic heterocycles. The van der Waals surface area contributed by atoms with Gasteiger partial charge in [-0.2, -0.15) is 0 Å². The first-order valence-corrected chi connectivity index (χ1v) is 8.80. The van der Waals surface area contributed by atoms with Crippen LogP contribution in [0.25, 0.3) is 0 Å². The van der Waals surface area contributed by atoms with E-state index in [1.807, 2.05) is 6.08 Å². The Morgan fingerprint density at radius 2 is 1.82 bits per heavy atom. The van der Waals surface area contributed by atoms with Crippen molar-refractivity contribution in [3.05, 3.63) is 24.0 Å². The quantitative estimate of drug-likeness (QED) is 0.602. The molecule has 3 unspecified atom stereocenters. The lowest BCUT2D eigenvalue weighted by Gasteiger charge is -2.56. The number of rotatable bonds is 0. The molecule has 0 radical (unpaired) electrons. The van der Waals surface area contributed by atoms with Crippen LogP contribution in [0.1, 0.15) is 46.0 Å². The summed E-state index contributed by atoms with van der Waals surface area (Å²) in [6.45, 7) is 4.55. The highest BCUT2D eigenvalue weighted by Crippen LogP contribution is 2.64. The topological polar surface area (TPSA) is 60.7 Å². The van der Waals surface area contributed by atoms with Crippen LogP contribution in [0.4, 0.5) is 0 Å². The third-order valence-corrected chi connectivity index (χ3v) is 7.75. The molecule has 4 rings (SSSR count). The van der Waals surface area contributed by atoms with Gasteiger partial charge in [0.2, 0.25) is 0 Å². The first-order chi connectivity index (χ1) is 10.4. The predicted octanol–water partition coefficient (Wildman–Crippen LogP) is 3.19. The minimum Gasteiger partial charge on any atom is -0.513 e. The highest BCUT2D eigenvalue weighted by Gasteiger charge is 2.60. The normalized spacial score (nSPS) is 56.8. The van der Waals surface area contributed by atoms with Gasteiger partial charge in [0.05, 0.1) is 18.0 Å². The summed E-state index contributed by atoms with van der Waals surface area (Å²) in [5.41, 5.74) is 0.0756. The van der Waals surface area contributed by atoms with Crippen LogP contribution in [0.2, 0.25) is 0 Å². The molecule has 8 atom stereocenters. The zero-order valence-electron chi connectivity index (χ0n) is 13.6. The van der Waals surface area contributed by atoms with Crippen LogP contribution in [0.15, 0.2) is 24.0 Å². The molecule has 3 N–H and O–H groups in total. The molecule has 3 heteroatoms. The average molecular weight is 304 g/mol. The lowest BCUT2D eigenvalue weighted by atomic mass is 9.48. The summed E-state index contributed by atoms with van der Waals surface area (Å²) in [6, 6.07) is 0. The summed E-state index contributed by atoms with van der Waals surface area (Å²) in [7, 11) is 0. The molecule has 0 amide bonds. The zero-order chi connectivity index (χ0) is 15.7. The SMILES string of the molecule is C[C@]12CCC(O)=CC1C=C[C@@H]1[C@H]2CC[C@]2(C)C(O)C(O)C[C@@H]12. The molecule has 0 saturated heterocycles. The Bertz CT molecular complexity index is 539. The van der Waals surface area contributed by atoms with E-state index in [1.165, 1.54) is 0 Å². The standard InChI is InChI=1S/C19H28O3/c1-18-7-5-12(20)9-11(18)3-4-13-14(18)6-8-19(2)15(13)10-16(21)17(19)22/h3-4,9,11,13-17,20-22H,5-8,10H2,1-2H3/t11?,13-,14-,15+,16?,17?,18+,19+/m1/s1. The molecule has 0 spiro atoms. The number of aliphatic hydroxyl groups is 3. The Labute approximate surface area is 132 Å². The third-order valence-electron chi connectivity index (χ3n) is 7.75. The van der Waals surface area contributed by atoms with Crippen molar-refractivity contribution in [2.24, 2.45) is 34.5 Å². The van der Waals surface area contributed by atoms with Gasteiger partial charge in [-0.25, -0.2) is 0 Å². The van der Waals surface area contributed by atoms with Crippen molar-refractivity contribution in [2.45, 2.75) is 58.2 Å². The van der Waals surface area contributed by atoms with Crippen LogP contribution in [0.3, 0.4) is 0 Å². The van der Waals surface area contributed by atoms with Gasteiger partial charge in [-0.05, 0) is 60.3 Å². The van der Waals surface area contributed by atoms with Gasteiger partial charge in [0.1, 0.15) is 0 Å². The van der Waals surface area contributed by atoms with Crippen molar-refractivity contribution in [2.75, 3.05) is 0 Å². The number of hydrogen-bond acceptors (Lipinski definition) is 3. The number of aliphatic hydroxyl groups excluding tert-OH is 3. The number of hydrogen-bond donors (Lipinski definition) is 3. The summed E-state index contributed by atoms with van der Waals surface area (Å²) in [4.78, 5) is 0. The van der Waals surface area contributed by atoms with Gasteiger partial charge >= 0.3 is 0 Å². The maximum absolute atomic E-state index is 10.5. The molecular formula is C19H28O3. The van der Waals surface area contributed by atoms with Gasteiger partial charge in [0, 0.05) is 12.3 Å². The van der Waals surface area contributed by atoms with Crippen LogP contribution in [0, 0.1) is 34.5 Å². The summed E-state index contributed by atoms with van der Waals surface area (Å²) in [6.07, 6.45) is 10.2. The van der Waals surface area contributed by atoms with Gasteiger partial charge in [-0.3, -0.25) is 0 Å². The summed E-state index contributed by atoms with van der Waals surface area (Å²) < 4.78 is 0. The summed E-state index contributed by atoms with van der Waals surface area (Å²) >= 11 is 0. The number of fused-ring (bicyclic) bond motifs is 5. The minimum absolute atomic E-state index is 0.138. The van der Waals surface area contributed by atoms with Crippen LogP contribution in [-0.4, -0.2) is 27.5 Å². The number of allylic oxidation sites excluding steroid dienone is 4. The van der Waals surface area contributed by atoms with Gasteiger partial charge < -0.3 is 15.3 Å². The Morgan fingerprint density at radius 1 is 1.05 bits per heavy atom. The van der Waals surface area contributed by atoms with E-state index >= 15 is 0 Å². The first-order valence-electron chi connectivity index (χ1n) is 8.80. The molecule has 122 valence electrons. The van der Waals surface area contributed by atoms with E-state index in [2.05, 4.69) is 26.0 Å². The molecule has 4 aliphatic rings. The average Bonchev–Trinajstić information content (AvgIpc) is 2.72. The second-order valence-corrected chi connectivity index (χ2v) is 8.66. The molecule has 0 heterocycles. The highest BCUT2D eigenvalue weighted by molar-refractivity contribution is 5.24. The highest BCUT2D eigenvalue weighted by atomic mass is 16.3. The molecule has 0 aromatic carbocycles. The maximum atomic E-state index is 10.5. The summed E-state index contributed by atoms with van der Waals surface area (Å²) in [5.74, 6) is 2.31. The monoisotopic (exact) mass is 304 g/mol. The first kappa shape index (κ1) is 14.8.